The number of nitrogens with one attached hydrogen (secondary N) is 1. The molecule has 0 spiro atoms. The van der Waals surface area contributed by atoms with Crippen LogP contribution in [0, 0.1) is 0 Å². The van der Waals surface area contributed by atoms with Gasteiger partial charge in [0.15, 0.2) is 0 Å². The molecule has 2 aliphatic rings. The number of piperidine rings is 1. The number of methoxy groups -OCH3 is 1. The van der Waals surface area contributed by atoms with Gasteiger partial charge < -0.3 is 15.2 Å². The van der Waals surface area contributed by atoms with Crippen molar-refractivity contribution < 1.29 is 9.84 Å². The van der Waals surface area contributed by atoms with Crippen molar-refractivity contribution in [3.05, 3.63) is 77.6 Å². The minimum atomic E-state index is -0.0467. The molecule has 142 valence electrons. The zero-order chi connectivity index (χ0) is 18.7. The summed E-state index contributed by atoms with van der Waals surface area (Å²) in [4.78, 5) is 0. The van der Waals surface area contributed by atoms with E-state index >= 15 is 0 Å². The Morgan fingerprint density at radius 3 is 2.70 bits per heavy atom. The van der Waals surface area contributed by atoms with Gasteiger partial charge in [-0.3, -0.25) is 0 Å². The van der Waals surface area contributed by atoms with Crippen LogP contribution >= 0.6 is 0 Å². The summed E-state index contributed by atoms with van der Waals surface area (Å²) < 4.78 is 5.61. The van der Waals surface area contributed by atoms with Crippen LogP contribution in [0.2, 0.25) is 0 Å². The van der Waals surface area contributed by atoms with Crippen LogP contribution in [-0.2, 0) is 16.6 Å². The largest absolute Gasteiger partial charge is 0.508 e. The zero-order valence-corrected chi connectivity index (χ0v) is 16.1. The molecule has 2 unspecified atom stereocenters. The first kappa shape index (κ1) is 18.1. The first-order valence-corrected chi connectivity index (χ1v) is 10.0. The van der Waals surface area contributed by atoms with E-state index in [4.69, 9.17) is 4.74 Å². The maximum Gasteiger partial charge on any atom is 0.115 e. The standard InChI is InChI=1S/C24H29NO2/c1-27-18-22-23(20-9-5-10-21(26)17-20)12-6-13-24(22,25-16-15-23)14-11-19-7-3-2-4-8-19/h2-5,7-10,17-18,25-26H,6,11-16H2,1H3. The van der Waals surface area contributed by atoms with Gasteiger partial charge in [0.25, 0.3) is 0 Å². The molecule has 0 amide bonds. The van der Waals surface area contributed by atoms with Crippen LogP contribution in [0.3, 0.4) is 0 Å². The van der Waals surface area contributed by atoms with Crippen molar-refractivity contribution >= 4 is 0 Å². The molecule has 2 bridgehead atoms. The molecule has 1 saturated carbocycles. The molecule has 1 aliphatic carbocycles. The predicted octanol–water partition coefficient (Wildman–Crippen LogP) is 4.71. The maximum absolute atomic E-state index is 10.1. The van der Waals surface area contributed by atoms with Gasteiger partial charge in [0.2, 0.25) is 0 Å². The monoisotopic (exact) mass is 363 g/mol. The molecule has 2 atom stereocenters. The van der Waals surface area contributed by atoms with Crippen molar-refractivity contribution in [1.82, 2.24) is 5.32 Å². The summed E-state index contributed by atoms with van der Waals surface area (Å²) in [6.45, 7) is 0.992. The fourth-order valence-electron chi connectivity index (χ4n) is 5.32. The molecule has 3 nitrogen and oxygen atoms in total. The molecule has 0 aromatic heterocycles. The van der Waals surface area contributed by atoms with Gasteiger partial charge in [-0.2, -0.15) is 0 Å². The van der Waals surface area contributed by atoms with E-state index in [-0.39, 0.29) is 11.0 Å². The van der Waals surface area contributed by atoms with Gasteiger partial charge in [-0.1, -0.05) is 48.9 Å². The lowest BCUT2D eigenvalue weighted by molar-refractivity contribution is 0.159. The third kappa shape index (κ3) is 3.25. The van der Waals surface area contributed by atoms with Gasteiger partial charge in [-0.15, -0.1) is 0 Å². The second-order valence-electron chi connectivity index (χ2n) is 8.00. The normalized spacial score (nSPS) is 28.9. The summed E-state index contributed by atoms with van der Waals surface area (Å²) in [5.74, 6) is 0.345. The van der Waals surface area contributed by atoms with Crippen molar-refractivity contribution in [3.63, 3.8) is 0 Å². The number of benzene rings is 2. The minimum Gasteiger partial charge on any atom is -0.508 e. The number of phenolic OH excluding ortho intramolecular Hbond substituents is 1. The lowest BCUT2D eigenvalue weighted by atomic mass is 9.55. The summed E-state index contributed by atoms with van der Waals surface area (Å²) in [5.41, 5.74) is 3.88. The van der Waals surface area contributed by atoms with Gasteiger partial charge in [0.1, 0.15) is 5.75 Å². The third-order valence-corrected chi connectivity index (χ3v) is 6.57. The van der Waals surface area contributed by atoms with Crippen LogP contribution < -0.4 is 5.32 Å². The topological polar surface area (TPSA) is 41.5 Å². The first-order valence-electron chi connectivity index (χ1n) is 10.0. The van der Waals surface area contributed by atoms with Crippen LogP contribution in [0.15, 0.2) is 66.4 Å². The van der Waals surface area contributed by atoms with Gasteiger partial charge in [0, 0.05) is 11.0 Å². The smallest absolute Gasteiger partial charge is 0.115 e. The van der Waals surface area contributed by atoms with E-state index in [9.17, 15) is 5.11 Å². The molecule has 1 aliphatic heterocycles. The summed E-state index contributed by atoms with van der Waals surface area (Å²) in [6.07, 6.45) is 8.56. The van der Waals surface area contributed by atoms with E-state index in [1.54, 1.807) is 13.2 Å². The Hall–Kier alpha value is -2.26. The number of aryl methyl sites for hydroxylation is 1. The summed E-state index contributed by atoms with van der Waals surface area (Å²) >= 11 is 0. The highest BCUT2D eigenvalue weighted by atomic mass is 16.5. The number of hydrogen-bond acceptors (Lipinski definition) is 3. The quantitative estimate of drug-likeness (QED) is 0.756. The molecule has 1 saturated heterocycles. The third-order valence-electron chi connectivity index (χ3n) is 6.57. The Bertz CT molecular complexity index is 802. The second-order valence-corrected chi connectivity index (χ2v) is 8.00. The number of phenols is 1. The highest BCUT2D eigenvalue weighted by molar-refractivity contribution is 5.47. The Kier molecular flexibility index (Phi) is 4.96. The number of ether oxygens (including phenoxy) is 1. The van der Waals surface area contributed by atoms with E-state index in [1.165, 1.54) is 23.1 Å². The van der Waals surface area contributed by atoms with Gasteiger partial charge in [-0.05, 0) is 67.5 Å². The molecular weight excluding hydrogens is 334 g/mol. The van der Waals surface area contributed by atoms with Crippen LogP contribution in [0.5, 0.6) is 5.75 Å². The maximum atomic E-state index is 10.1. The zero-order valence-electron chi connectivity index (χ0n) is 16.1. The van der Waals surface area contributed by atoms with Crippen molar-refractivity contribution in [1.29, 1.82) is 0 Å². The lowest BCUT2D eigenvalue weighted by Gasteiger charge is -2.55. The highest BCUT2D eigenvalue weighted by Crippen LogP contribution is 2.54. The van der Waals surface area contributed by atoms with E-state index in [1.807, 2.05) is 18.4 Å². The summed E-state index contributed by atoms with van der Waals surface area (Å²) in [6, 6.07) is 18.6. The van der Waals surface area contributed by atoms with Crippen molar-refractivity contribution in [2.45, 2.75) is 49.5 Å². The fraction of sp³-hybridized carbons (Fsp3) is 0.417. The predicted molar refractivity (Wildman–Crippen MR) is 109 cm³/mol. The SMILES string of the molecule is COC=C1C2(CCc3ccccc3)CCCC1(c1cccc(O)c1)CCN2. The molecule has 0 radical (unpaired) electrons. The Balaban J connectivity index is 1.72. The molecule has 27 heavy (non-hydrogen) atoms. The van der Waals surface area contributed by atoms with Gasteiger partial charge in [-0.25, -0.2) is 0 Å². The van der Waals surface area contributed by atoms with E-state index in [0.29, 0.717) is 5.75 Å². The van der Waals surface area contributed by atoms with Crippen molar-refractivity contribution in [2.24, 2.45) is 0 Å². The van der Waals surface area contributed by atoms with E-state index in [0.717, 1.165) is 38.6 Å². The second kappa shape index (κ2) is 7.40. The first-order chi connectivity index (χ1) is 13.2. The number of fused-ring (bicyclic) bond motifs is 2. The van der Waals surface area contributed by atoms with Crippen LogP contribution in [0.25, 0.3) is 0 Å². The summed E-state index contributed by atoms with van der Waals surface area (Å²) in [5, 5.41) is 14.0. The van der Waals surface area contributed by atoms with E-state index in [2.05, 4.69) is 41.7 Å². The minimum absolute atomic E-state index is 0.0339. The summed E-state index contributed by atoms with van der Waals surface area (Å²) in [7, 11) is 1.75. The Labute approximate surface area is 162 Å². The van der Waals surface area contributed by atoms with Crippen molar-refractivity contribution in [2.75, 3.05) is 13.7 Å². The van der Waals surface area contributed by atoms with Crippen molar-refractivity contribution in [3.8, 4) is 5.75 Å². The van der Waals surface area contributed by atoms with Crippen LogP contribution in [0.4, 0.5) is 0 Å². The average Bonchev–Trinajstić information content (AvgIpc) is 2.68. The van der Waals surface area contributed by atoms with Crippen LogP contribution in [0.1, 0.15) is 43.2 Å². The fourth-order valence-corrected chi connectivity index (χ4v) is 5.32. The molecule has 2 N–H and O–H groups in total. The molecule has 3 heteroatoms. The molecule has 2 aromatic carbocycles. The number of hydrogen-bond donors (Lipinski definition) is 2. The van der Waals surface area contributed by atoms with E-state index < -0.39 is 0 Å². The number of aromatic hydroxyl groups is 1. The molecule has 4 rings (SSSR count). The molecule has 1 heterocycles. The Morgan fingerprint density at radius 2 is 1.93 bits per heavy atom. The molecule has 2 fully saturated rings. The molecular formula is C24H29NO2. The van der Waals surface area contributed by atoms with Gasteiger partial charge in [0.05, 0.1) is 13.4 Å². The highest BCUT2D eigenvalue weighted by Gasteiger charge is 2.52. The van der Waals surface area contributed by atoms with Gasteiger partial charge >= 0.3 is 0 Å². The number of rotatable bonds is 5. The molecule has 2 aromatic rings. The lowest BCUT2D eigenvalue weighted by Crippen LogP contribution is -2.61. The Morgan fingerprint density at radius 1 is 1.07 bits per heavy atom. The average molecular weight is 364 g/mol. The van der Waals surface area contributed by atoms with Crippen LogP contribution in [-0.4, -0.2) is 24.3 Å².